The number of hydrogen-bond acceptors (Lipinski definition) is 0. The Morgan fingerprint density at radius 2 is 1.26 bits per heavy atom. The fraction of sp³-hybridized carbons (Fsp3) is 0.760. The van der Waals surface area contributed by atoms with E-state index in [0.29, 0.717) is 5.92 Å². The van der Waals surface area contributed by atoms with Crippen LogP contribution in [0.4, 0.5) is 8.78 Å². The summed E-state index contributed by atoms with van der Waals surface area (Å²) in [5, 5.41) is 0. The van der Waals surface area contributed by atoms with Crippen LogP contribution in [0.2, 0.25) is 0 Å². The van der Waals surface area contributed by atoms with Gasteiger partial charge >= 0.3 is 0 Å². The predicted octanol–water partition coefficient (Wildman–Crippen LogP) is 8.41. The van der Waals surface area contributed by atoms with E-state index in [1.54, 1.807) is 6.07 Å². The van der Waals surface area contributed by atoms with Crippen LogP contribution in [0.1, 0.15) is 108 Å². The van der Waals surface area contributed by atoms with Crippen LogP contribution in [-0.4, -0.2) is 0 Å². The first-order chi connectivity index (χ1) is 13.2. The molecule has 3 rings (SSSR count). The molecule has 0 nitrogen and oxygen atoms in total. The Morgan fingerprint density at radius 3 is 1.81 bits per heavy atom. The molecule has 0 amide bonds. The maximum absolute atomic E-state index is 13.5. The van der Waals surface area contributed by atoms with E-state index in [0.717, 1.165) is 36.2 Å². The highest BCUT2D eigenvalue weighted by Crippen LogP contribution is 2.40. The summed E-state index contributed by atoms with van der Waals surface area (Å²) in [7, 11) is 0. The van der Waals surface area contributed by atoms with E-state index in [4.69, 9.17) is 0 Å². The second kappa shape index (κ2) is 10.6. The SMILES string of the molecule is CCCCCC1CCC(CCC2CCC(c3ccc(F)c(F)c3)CC2)CC1. The molecule has 0 N–H and O–H groups in total. The summed E-state index contributed by atoms with van der Waals surface area (Å²) in [6, 6.07) is 4.48. The minimum absolute atomic E-state index is 0.426. The van der Waals surface area contributed by atoms with Gasteiger partial charge in [0.25, 0.3) is 0 Å². The first-order valence-corrected chi connectivity index (χ1v) is 11.6. The van der Waals surface area contributed by atoms with Gasteiger partial charge in [-0.2, -0.15) is 0 Å². The highest BCUT2D eigenvalue weighted by Gasteiger charge is 2.25. The quantitative estimate of drug-likeness (QED) is 0.399. The van der Waals surface area contributed by atoms with Gasteiger partial charge in [-0.15, -0.1) is 0 Å². The Kier molecular flexibility index (Phi) is 8.15. The maximum Gasteiger partial charge on any atom is 0.159 e. The first-order valence-electron chi connectivity index (χ1n) is 11.6. The highest BCUT2D eigenvalue weighted by molar-refractivity contribution is 5.22. The fourth-order valence-corrected chi connectivity index (χ4v) is 5.51. The van der Waals surface area contributed by atoms with E-state index in [1.807, 2.05) is 0 Å². The van der Waals surface area contributed by atoms with Crippen molar-refractivity contribution in [3.63, 3.8) is 0 Å². The first kappa shape index (κ1) is 20.8. The lowest BCUT2D eigenvalue weighted by molar-refractivity contribution is 0.222. The van der Waals surface area contributed by atoms with E-state index in [2.05, 4.69) is 6.92 Å². The van der Waals surface area contributed by atoms with Gasteiger partial charge in [0, 0.05) is 0 Å². The van der Waals surface area contributed by atoms with Crippen molar-refractivity contribution < 1.29 is 8.78 Å². The molecule has 0 saturated heterocycles. The molecular formula is C25H38F2. The predicted molar refractivity (Wildman–Crippen MR) is 110 cm³/mol. The van der Waals surface area contributed by atoms with Crippen LogP contribution in [0.15, 0.2) is 18.2 Å². The topological polar surface area (TPSA) is 0 Å². The van der Waals surface area contributed by atoms with E-state index in [-0.39, 0.29) is 0 Å². The molecule has 1 aromatic rings. The Balaban J connectivity index is 1.32. The van der Waals surface area contributed by atoms with E-state index < -0.39 is 11.6 Å². The Morgan fingerprint density at radius 1 is 0.704 bits per heavy atom. The largest absolute Gasteiger partial charge is 0.204 e. The van der Waals surface area contributed by atoms with E-state index in [1.165, 1.54) is 89.2 Å². The van der Waals surface area contributed by atoms with Gasteiger partial charge < -0.3 is 0 Å². The third-order valence-electron chi connectivity index (χ3n) is 7.43. The van der Waals surface area contributed by atoms with Crippen LogP contribution in [0, 0.1) is 29.4 Å². The lowest BCUT2D eigenvalue weighted by Gasteiger charge is -2.32. The van der Waals surface area contributed by atoms with Crippen LogP contribution in [-0.2, 0) is 0 Å². The molecule has 2 saturated carbocycles. The van der Waals surface area contributed by atoms with Crippen molar-refractivity contribution in [3.8, 4) is 0 Å². The number of rotatable bonds is 8. The van der Waals surface area contributed by atoms with Crippen molar-refractivity contribution in [2.24, 2.45) is 17.8 Å². The lowest BCUT2D eigenvalue weighted by atomic mass is 9.74. The Hall–Kier alpha value is -0.920. The number of benzene rings is 1. The molecule has 0 aliphatic heterocycles. The van der Waals surface area contributed by atoms with Crippen molar-refractivity contribution in [3.05, 3.63) is 35.4 Å². The third-order valence-corrected chi connectivity index (χ3v) is 7.43. The zero-order valence-electron chi connectivity index (χ0n) is 17.2. The average Bonchev–Trinajstić information content (AvgIpc) is 2.70. The molecule has 0 spiro atoms. The summed E-state index contributed by atoms with van der Waals surface area (Å²) < 4.78 is 26.6. The van der Waals surface area contributed by atoms with Gasteiger partial charge in [0.05, 0.1) is 0 Å². The van der Waals surface area contributed by atoms with Gasteiger partial charge in [-0.25, -0.2) is 8.78 Å². The Labute approximate surface area is 165 Å². The smallest absolute Gasteiger partial charge is 0.159 e. The molecule has 2 aliphatic carbocycles. The zero-order chi connectivity index (χ0) is 19.1. The van der Waals surface area contributed by atoms with E-state index >= 15 is 0 Å². The van der Waals surface area contributed by atoms with Crippen LogP contribution in [0.3, 0.4) is 0 Å². The molecule has 27 heavy (non-hydrogen) atoms. The minimum Gasteiger partial charge on any atom is -0.204 e. The summed E-state index contributed by atoms with van der Waals surface area (Å²) in [6.45, 7) is 2.29. The second-order valence-electron chi connectivity index (χ2n) is 9.35. The molecule has 0 aromatic heterocycles. The van der Waals surface area contributed by atoms with Crippen molar-refractivity contribution in [1.82, 2.24) is 0 Å². The molecular weight excluding hydrogens is 338 g/mol. The number of halogens is 2. The summed E-state index contributed by atoms with van der Waals surface area (Å²) in [5.74, 6) is 1.84. The summed E-state index contributed by atoms with van der Waals surface area (Å²) in [5.41, 5.74) is 0.994. The normalized spacial score (nSPS) is 29.0. The van der Waals surface area contributed by atoms with Gasteiger partial charge in [0.2, 0.25) is 0 Å². The molecule has 2 heteroatoms. The monoisotopic (exact) mass is 376 g/mol. The fourth-order valence-electron chi connectivity index (χ4n) is 5.51. The van der Waals surface area contributed by atoms with Crippen LogP contribution in [0.5, 0.6) is 0 Å². The molecule has 0 atom stereocenters. The summed E-state index contributed by atoms with van der Waals surface area (Å²) in [4.78, 5) is 0. The van der Waals surface area contributed by atoms with Crippen LogP contribution < -0.4 is 0 Å². The van der Waals surface area contributed by atoms with Gasteiger partial charge in [0.1, 0.15) is 0 Å². The number of hydrogen-bond donors (Lipinski definition) is 0. The minimum atomic E-state index is -0.729. The van der Waals surface area contributed by atoms with Gasteiger partial charge in [0.15, 0.2) is 11.6 Å². The van der Waals surface area contributed by atoms with Crippen molar-refractivity contribution >= 4 is 0 Å². The molecule has 1 aromatic carbocycles. The molecule has 0 heterocycles. The maximum atomic E-state index is 13.5. The lowest BCUT2D eigenvalue weighted by Crippen LogP contribution is -2.18. The van der Waals surface area contributed by atoms with Crippen LogP contribution >= 0.6 is 0 Å². The molecule has 2 aliphatic rings. The highest BCUT2D eigenvalue weighted by atomic mass is 19.2. The van der Waals surface area contributed by atoms with Crippen molar-refractivity contribution in [2.45, 2.75) is 103 Å². The van der Waals surface area contributed by atoms with Gasteiger partial charge in [-0.1, -0.05) is 77.2 Å². The van der Waals surface area contributed by atoms with Gasteiger partial charge in [-0.05, 0) is 67.1 Å². The zero-order valence-corrected chi connectivity index (χ0v) is 17.2. The molecule has 0 radical (unpaired) electrons. The standard InChI is InChI=1S/C25H38F2/c1-2-3-4-5-19-6-8-20(9-7-19)10-11-21-12-14-22(15-13-21)23-16-17-24(26)25(27)18-23/h16-22H,2-15H2,1H3. The second-order valence-corrected chi connectivity index (χ2v) is 9.35. The summed E-state index contributed by atoms with van der Waals surface area (Å²) in [6.07, 6.45) is 19.1. The summed E-state index contributed by atoms with van der Waals surface area (Å²) >= 11 is 0. The molecule has 0 bridgehead atoms. The van der Waals surface area contributed by atoms with Crippen LogP contribution in [0.25, 0.3) is 0 Å². The molecule has 2 fully saturated rings. The third kappa shape index (κ3) is 6.29. The van der Waals surface area contributed by atoms with E-state index in [9.17, 15) is 8.78 Å². The number of unbranched alkanes of at least 4 members (excludes halogenated alkanes) is 2. The Bertz CT molecular complexity index is 551. The van der Waals surface area contributed by atoms with Gasteiger partial charge in [-0.3, -0.25) is 0 Å². The average molecular weight is 377 g/mol. The van der Waals surface area contributed by atoms with Crippen molar-refractivity contribution in [1.29, 1.82) is 0 Å². The molecule has 0 unspecified atom stereocenters. The van der Waals surface area contributed by atoms with Crippen molar-refractivity contribution in [2.75, 3.05) is 0 Å². The molecule has 152 valence electrons.